The zero-order chi connectivity index (χ0) is 14.0. The summed E-state index contributed by atoms with van der Waals surface area (Å²) < 4.78 is 10.6. The van der Waals surface area contributed by atoms with Gasteiger partial charge in [0, 0.05) is 25.1 Å². The largest absolute Gasteiger partial charge is 0.497 e. The number of hydrogen-bond acceptors (Lipinski definition) is 4. The van der Waals surface area contributed by atoms with Crippen molar-refractivity contribution >= 4 is 5.78 Å². The second kappa shape index (κ2) is 5.21. The molecule has 0 atom stereocenters. The third-order valence-corrected chi connectivity index (χ3v) is 3.93. The molecule has 4 heteroatoms. The molecule has 1 aliphatic rings. The monoisotopic (exact) mass is 263 g/mol. The van der Waals surface area contributed by atoms with Crippen LogP contribution >= 0.6 is 0 Å². The molecule has 0 amide bonds. The minimum absolute atomic E-state index is 0.300. The maximum atomic E-state index is 11.9. The van der Waals surface area contributed by atoms with Crippen LogP contribution in [-0.2, 0) is 11.3 Å². The lowest BCUT2D eigenvalue weighted by Gasteiger charge is -2.30. The van der Waals surface area contributed by atoms with E-state index >= 15 is 0 Å². The van der Waals surface area contributed by atoms with Gasteiger partial charge in [0.2, 0.25) is 0 Å². The van der Waals surface area contributed by atoms with E-state index in [0.717, 1.165) is 23.6 Å². The predicted molar refractivity (Wildman–Crippen MR) is 73.7 cm³/mol. The van der Waals surface area contributed by atoms with Crippen molar-refractivity contribution in [3.63, 3.8) is 0 Å². The minimum atomic E-state index is -0.395. The van der Waals surface area contributed by atoms with E-state index in [1.165, 1.54) is 0 Å². The lowest BCUT2D eigenvalue weighted by Crippen LogP contribution is -2.42. The molecule has 1 aromatic carbocycles. The third-order valence-electron chi connectivity index (χ3n) is 3.93. The Morgan fingerprint density at radius 1 is 1.26 bits per heavy atom. The first-order valence-corrected chi connectivity index (χ1v) is 6.48. The normalized spacial score (nSPS) is 18.6. The van der Waals surface area contributed by atoms with E-state index in [1.807, 2.05) is 32.0 Å². The van der Waals surface area contributed by atoms with E-state index < -0.39 is 5.54 Å². The number of carbonyl (C=O) groups is 1. The van der Waals surface area contributed by atoms with Gasteiger partial charge in [-0.25, -0.2) is 0 Å². The molecule has 0 unspecified atom stereocenters. The Labute approximate surface area is 114 Å². The van der Waals surface area contributed by atoms with Gasteiger partial charge in [-0.3, -0.25) is 9.69 Å². The van der Waals surface area contributed by atoms with Crippen LogP contribution in [0.3, 0.4) is 0 Å². The minimum Gasteiger partial charge on any atom is -0.497 e. The lowest BCUT2D eigenvalue weighted by atomic mass is 10.00. The molecule has 104 valence electrons. The van der Waals surface area contributed by atoms with Crippen molar-refractivity contribution in [1.82, 2.24) is 4.90 Å². The summed E-state index contributed by atoms with van der Waals surface area (Å²) in [6.45, 7) is 5.45. The maximum Gasteiger partial charge on any atom is 0.153 e. The second-order valence-electron chi connectivity index (χ2n) is 5.33. The molecule has 19 heavy (non-hydrogen) atoms. The summed E-state index contributed by atoms with van der Waals surface area (Å²) in [7, 11) is 3.31. The van der Waals surface area contributed by atoms with Gasteiger partial charge in [-0.05, 0) is 32.0 Å². The fourth-order valence-electron chi connectivity index (χ4n) is 2.49. The summed E-state index contributed by atoms with van der Waals surface area (Å²) in [6, 6.07) is 5.75. The molecule has 2 rings (SSSR count). The average Bonchev–Trinajstić information content (AvgIpc) is 2.65. The molecule has 1 heterocycles. The van der Waals surface area contributed by atoms with Crippen LogP contribution in [0.25, 0.3) is 0 Å². The maximum absolute atomic E-state index is 11.9. The third kappa shape index (κ3) is 2.59. The van der Waals surface area contributed by atoms with Gasteiger partial charge in [-0.15, -0.1) is 0 Å². The highest BCUT2D eigenvalue weighted by molar-refractivity contribution is 5.89. The van der Waals surface area contributed by atoms with Crippen LogP contribution in [0.15, 0.2) is 18.2 Å². The highest BCUT2D eigenvalue weighted by Crippen LogP contribution is 2.31. The number of hydrogen-bond donors (Lipinski definition) is 0. The fourth-order valence-corrected chi connectivity index (χ4v) is 2.49. The molecular weight excluding hydrogens is 242 g/mol. The van der Waals surface area contributed by atoms with E-state index in [-0.39, 0.29) is 0 Å². The van der Waals surface area contributed by atoms with E-state index in [1.54, 1.807) is 14.2 Å². The van der Waals surface area contributed by atoms with Gasteiger partial charge in [0.1, 0.15) is 11.5 Å². The zero-order valence-electron chi connectivity index (χ0n) is 12.0. The molecule has 1 aromatic rings. The van der Waals surface area contributed by atoms with Crippen LogP contribution < -0.4 is 9.47 Å². The Hall–Kier alpha value is -1.55. The van der Waals surface area contributed by atoms with Gasteiger partial charge in [0.15, 0.2) is 5.78 Å². The Kier molecular flexibility index (Phi) is 3.80. The number of methoxy groups -OCH3 is 2. The van der Waals surface area contributed by atoms with Crippen LogP contribution in [-0.4, -0.2) is 37.0 Å². The number of ether oxygens (including phenoxy) is 2. The highest BCUT2D eigenvalue weighted by Gasteiger charge is 2.39. The van der Waals surface area contributed by atoms with Crippen LogP contribution in [0.4, 0.5) is 0 Å². The van der Waals surface area contributed by atoms with Gasteiger partial charge in [-0.1, -0.05) is 0 Å². The number of rotatable bonds is 4. The Morgan fingerprint density at radius 2 is 2.00 bits per heavy atom. The quantitative estimate of drug-likeness (QED) is 0.835. The van der Waals surface area contributed by atoms with E-state index in [0.29, 0.717) is 18.7 Å². The summed E-state index contributed by atoms with van der Waals surface area (Å²) >= 11 is 0. The first-order chi connectivity index (χ1) is 8.98. The van der Waals surface area contributed by atoms with Gasteiger partial charge in [0.05, 0.1) is 19.8 Å². The number of carbonyl (C=O) groups excluding carboxylic acids is 1. The number of nitrogens with zero attached hydrogens (tertiary/aromatic N) is 1. The summed E-state index contributed by atoms with van der Waals surface area (Å²) in [5.41, 5.74) is 0.651. The Balaban J connectivity index is 2.25. The lowest BCUT2D eigenvalue weighted by molar-refractivity contribution is -0.123. The van der Waals surface area contributed by atoms with Crippen molar-refractivity contribution in [2.75, 3.05) is 20.8 Å². The topological polar surface area (TPSA) is 38.8 Å². The second-order valence-corrected chi connectivity index (χ2v) is 5.33. The molecule has 0 radical (unpaired) electrons. The summed E-state index contributed by atoms with van der Waals surface area (Å²) in [6.07, 6.45) is 0.624. The van der Waals surface area contributed by atoms with Crippen molar-refractivity contribution in [2.45, 2.75) is 32.4 Å². The average molecular weight is 263 g/mol. The summed E-state index contributed by atoms with van der Waals surface area (Å²) in [5.74, 6) is 1.93. The van der Waals surface area contributed by atoms with Crippen LogP contribution in [0.1, 0.15) is 25.8 Å². The standard InChI is InChI=1S/C15H21NO3/c1-15(2)14(17)7-8-16(15)10-11-9-12(18-3)5-6-13(11)19-4/h5-6,9H,7-8,10H2,1-4H3. The molecule has 1 saturated heterocycles. The SMILES string of the molecule is COc1ccc(OC)c(CN2CCC(=O)C2(C)C)c1. The number of likely N-dealkylation sites (tertiary alicyclic amines) is 1. The number of ketones is 1. The predicted octanol–water partition coefficient (Wildman–Crippen LogP) is 2.26. The van der Waals surface area contributed by atoms with Crippen LogP contribution in [0, 0.1) is 0 Å². The smallest absolute Gasteiger partial charge is 0.153 e. The molecule has 0 aliphatic carbocycles. The van der Waals surface area contributed by atoms with Gasteiger partial charge >= 0.3 is 0 Å². The Bertz CT molecular complexity index is 482. The Morgan fingerprint density at radius 3 is 2.53 bits per heavy atom. The molecule has 1 fully saturated rings. The van der Waals surface area contributed by atoms with Crippen molar-refractivity contribution in [3.8, 4) is 11.5 Å². The molecule has 0 saturated carbocycles. The molecular formula is C15H21NO3. The van der Waals surface area contributed by atoms with Crippen molar-refractivity contribution in [2.24, 2.45) is 0 Å². The molecule has 0 spiro atoms. The fraction of sp³-hybridized carbons (Fsp3) is 0.533. The number of Topliss-reactive ketones (excluding diaryl/α,β-unsaturated/α-hetero) is 1. The number of benzene rings is 1. The van der Waals surface area contributed by atoms with E-state index in [2.05, 4.69) is 4.90 Å². The first-order valence-electron chi connectivity index (χ1n) is 6.48. The van der Waals surface area contributed by atoms with Gasteiger partial charge in [-0.2, -0.15) is 0 Å². The molecule has 4 nitrogen and oxygen atoms in total. The molecule has 1 aliphatic heterocycles. The van der Waals surface area contributed by atoms with Gasteiger partial charge < -0.3 is 9.47 Å². The summed E-state index contributed by atoms with van der Waals surface area (Å²) in [5, 5.41) is 0. The zero-order valence-corrected chi connectivity index (χ0v) is 12.0. The van der Waals surface area contributed by atoms with Crippen LogP contribution in [0.2, 0.25) is 0 Å². The molecule has 0 bridgehead atoms. The molecule has 0 N–H and O–H groups in total. The highest BCUT2D eigenvalue weighted by atomic mass is 16.5. The van der Waals surface area contributed by atoms with Crippen molar-refractivity contribution in [3.05, 3.63) is 23.8 Å². The van der Waals surface area contributed by atoms with E-state index in [4.69, 9.17) is 9.47 Å². The molecule has 0 aromatic heterocycles. The van der Waals surface area contributed by atoms with Crippen LogP contribution in [0.5, 0.6) is 11.5 Å². The van der Waals surface area contributed by atoms with Crippen molar-refractivity contribution < 1.29 is 14.3 Å². The van der Waals surface area contributed by atoms with Gasteiger partial charge in [0.25, 0.3) is 0 Å². The first kappa shape index (κ1) is 13.9. The summed E-state index contributed by atoms with van der Waals surface area (Å²) in [4.78, 5) is 14.1. The van der Waals surface area contributed by atoms with E-state index in [9.17, 15) is 4.79 Å². The van der Waals surface area contributed by atoms with Crippen molar-refractivity contribution in [1.29, 1.82) is 0 Å².